The van der Waals surface area contributed by atoms with E-state index in [2.05, 4.69) is 15.5 Å². The third-order valence-electron chi connectivity index (χ3n) is 4.62. The molecule has 1 unspecified atom stereocenters. The quantitative estimate of drug-likeness (QED) is 0.228. The molecule has 2 aromatic rings. The molecule has 1 atom stereocenters. The van der Waals surface area contributed by atoms with Crippen LogP contribution in [0.4, 0.5) is 4.79 Å². The minimum absolute atomic E-state index is 0.0493. The van der Waals surface area contributed by atoms with Gasteiger partial charge in [-0.25, -0.2) is 9.48 Å². The summed E-state index contributed by atoms with van der Waals surface area (Å²) < 4.78 is 15.4. The molecule has 184 valence electrons. The van der Waals surface area contributed by atoms with Crippen LogP contribution in [-0.2, 0) is 27.8 Å². The molecule has 0 bridgehead atoms. The first-order chi connectivity index (χ1) is 15.9. The van der Waals surface area contributed by atoms with Crippen LogP contribution in [-0.4, -0.2) is 65.8 Å². The van der Waals surface area contributed by atoms with Gasteiger partial charge in [0.05, 0.1) is 6.04 Å². The maximum Gasteiger partial charge on any atom is 0.410 e. The van der Waals surface area contributed by atoms with Crippen LogP contribution < -0.4 is 9.47 Å². The zero-order valence-electron chi connectivity index (χ0n) is 18.3. The molecule has 1 amide bonds. The van der Waals surface area contributed by atoms with Gasteiger partial charge in [0.2, 0.25) is 8.95 Å². The maximum absolute atomic E-state index is 12.9. The molecule has 11 nitrogen and oxygen atoms in total. The summed E-state index contributed by atoms with van der Waals surface area (Å²) in [5, 5.41) is 11.9. The molecule has 1 aromatic carbocycles. The second-order valence-electron chi connectivity index (χ2n) is 7.21. The van der Waals surface area contributed by atoms with Crippen LogP contribution in [0.3, 0.4) is 0 Å². The molecule has 0 N–H and O–H groups in total. The van der Waals surface area contributed by atoms with Crippen molar-refractivity contribution >= 4 is 64.6 Å². The van der Waals surface area contributed by atoms with Crippen LogP contribution in [0.1, 0.15) is 31.0 Å². The van der Waals surface area contributed by atoms with E-state index in [1.807, 2.05) is 0 Å². The van der Waals surface area contributed by atoms with Gasteiger partial charge in [-0.05, 0) is 40.1 Å². The lowest BCUT2D eigenvalue weighted by atomic mass is 9.93. The van der Waals surface area contributed by atoms with E-state index in [-0.39, 0.29) is 18.0 Å². The van der Waals surface area contributed by atoms with Crippen LogP contribution in [0.15, 0.2) is 17.3 Å². The number of aromatic nitrogens is 4. The lowest BCUT2D eigenvalue weighted by Crippen LogP contribution is -2.42. The van der Waals surface area contributed by atoms with Crippen molar-refractivity contribution in [2.45, 2.75) is 35.3 Å². The summed E-state index contributed by atoms with van der Waals surface area (Å²) in [6.45, 7) is 2.32. The van der Waals surface area contributed by atoms with E-state index in [0.717, 1.165) is 5.56 Å². The second kappa shape index (κ2) is 11.0. The first-order valence-electron chi connectivity index (χ1n) is 9.83. The number of benzene rings is 1. The molecule has 3 rings (SSSR count). The van der Waals surface area contributed by atoms with E-state index in [1.54, 1.807) is 19.2 Å². The van der Waals surface area contributed by atoms with Gasteiger partial charge in [0.1, 0.15) is 6.61 Å². The van der Waals surface area contributed by atoms with E-state index in [0.29, 0.717) is 22.9 Å². The van der Waals surface area contributed by atoms with Gasteiger partial charge in [0.25, 0.3) is 0 Å². The molecule has 0 fully saturated rings. The Hall–Kier alpha value is -2.28. The van der Waals surface area contributed by atoms with Crippen LogP contribution in [0.5, 0.6) is 11.5 Å². The summed E-state index contributed by atoms with van der Waals surface area (Å²) in [6, 6.07) is 2.65. The number of hydrogen-bond donors (Lipinski definition) is 0. The molecule has 1 aromatic heterocycles. The summed E-state index contributed by atoms with van der Waals surface area (Å²) in [5.41, 5.74) is 1.48. The zero-order chi connectivity index (χ0) is 25.0. The number of carbonyl (C=O) groups excluding carboxylic acids is 3. The van der Waals surface area contributed by atoms with E-state index < -0.39 is 34.5 Å². The number of thioether (sulfide) groups is 1. The van der Waals surface area contributed by atoms with Crippen LogP contribution in [0, 0.1) is 0 Å². The molecular formula is C19H20Cl3N5O6S. The molecule has 1 aliphatic heterocycles. The van der Waals surface area contributed by atoms with Crippen LogP contribution in [0.25, 0.3) is 0 Å². The first-order valence-corrected chi connectivity index (χ1v) is 12.0. The summed E-state index contributed by atoms with van der Waals surface area (Å²) in [7, 11) is 1.69. The standard InChI is InChI=1S/C19H20Cl3N5O6S/c1-10(28)32-15-6-12-4-5-27(18(30)31-9-19(20,21)22)14(8-34-17-23-24-25-26(17)3)13(12)7-16(15)33-11(2)29/h6-7,14H,4-5,8-9H2,1-3H3. The van der Waals surface area contributed by atoms with Crippen molar-refractivity contribution in [2.24, 2.45) is 7.05 Å². The predicted octanol–water partition coefficient (Wildman–Crippen LogP) is 3.26. The largest absolute Gasteiger partial charge is 0.445 e. The highest BCUT2D eigenvalue weighted by molar-refractivity contribution is 7.99. The third-order valence-corrected chi connectivity index (χ3v) is 6.03. The Morgan fingerprint density at radius 2 is 1.79 bits per heavy atom. The molecule has 0 radical (unpaired) electrons. The Bertz CT molecular complexity index is 1090. The fourth-order valence-corrected chi connectivity index (χ4v) is 4.45. The van der Waals surface area contributed by atoms with Gasteiger partial charge in [-0.3, -0.25) is 14.5 Å². The van der Waals surface area contributed by atoms with Crippen molar-refractivity contribution in [3.8, 4) is 11.5 Å². The number of amides is 1. The number of esters is 2. The van der Waals surface area contributed by atoms with Gasteiger partial charge in [0, 0.05) is 33.2 Å². The lowest BCUT2D eigenvalue weighted by molar-refractivity contribution is -0.134. The Labute approximate surface area is 213 Å². The fourth-order valence-electron chi connectivity index (χ4n) is 3.30. The van der Waals surface area contributed by atoms with Crippen molar-refractivity contribution in [1.29, 1.82) is 0 Å². The number of alkyl halides is 3. The molecule has 0 saturated heterocycles. The SMILES string of the molecule is CC(=O)Oc1cc2c(cc1OC(C)=O)C(CSc1nnnn1C)N(C(=O)OCC(Cl)(Cl)Cl)CC2. The Morgan fingerprint density at radius 3 is 2.35 bits per heavy atom. The summed E-state index contributed by atoms with van der Waals surface area (Å²) in [6.07, 6.45) is -0.267. The number of carbonyl (C=O) groups is 3. The van der Waals surface area contributed by atoms with Crippen molar-refractivity contribution in [2.75, 3.05) is 18.9 Å². The number of fused-ring (bicyclic) bond motifs is 1. The van der Waals surface area contributed by atoms with Crippen molar-refractivity contribution in [3.63, 3.8) is 0 Å². The maximum atomic E-state index is 12.9. The highest BCUT2D eigenvalue weighted by Crippen LogP contribution is 2.41. The number of aryl methyl sites for hydroxylation is 1. The van der Waals surface area contributed by atoms with Crippen LogP contribution >= 0.6 is 46.6 Å². The number of tetrazole rings is 1. The van der Waals surface area contributed by atoms with E-state index in [4.69, 9.17) is 49.0 Å². The van der Waals surface area contributed by atoms with Gasteiger partial charge in [-0.1, -0.05) is 46.6 Å². The highest BCUT2D eigenvalue weighted by Gasteiger charge is 2.35. The van der Waals surface area contributed by atoms with Crippen molar-refractivity contribution in [1.82, 2.24) is 25.1 Å². The number of rotatable bonds is 6. The minimum atomic E-state index is -1.76. The third kappa shape index (κ3) is 6.87. The average Bonchev–Trinajstić information content (AvgIpc) is 3.14. The molecule has 34 heavy (non-hydrogen) atoms. The summed E-state index contributed by atoms with van der Waals surface area (Å²) in [4.78, 5) is 37.6. The number of ether oxygens (including phenoxy) is 3. The molecule has 15 heteroatoms. The Balaban J connectivity index is 1.98. The molecule has 2 heterocycles. The van der Waals surface area contributed by atoms with Crippen molar-refractivity contribution in [3.05, 3.63) is 23.3 Å². The zero-order valence-corrected chi connectivity index (χ0v) is 21.4. The number of nitrogens with zero attached hydrogens (tertiary/aromatic N) is 5. The molecule has 0 saturated carbocycles. The summed E-state index contributed by atoms with van der Waals surface area (Å²) in [5.74, 6) is -0.677. The van der Waals surface area contributed by atoms with Gasteiger partial charge >= 0.3 is 18.0 Å². The predicted molar refractivity (Wildman–Crippen MR) is 123 cm³/mol. The number of halogens is 3. The molecular weight excluding hydrogens is 533 g/mol. The van der Waals surface area contributed by atoms with Crippen molar-refractivity contribution < 1.29 is 28.6 Å². The summed E-state index contributed by atoms with van der Waals surface area (Å²) >= 11 is 18.5. The lowest BCUT2D eigenvalue weighted by Gasteiger charge is -2.37. The normalized spacial score (nSPS) is 15.5. The Kier molecular flexibility index (Phi) is 8.50. The second-order valence-corrected chi connectivity index (χ2v) is 10.7. The average molecular weight is 553 g/mol. The fraction of sp³-hybridized carbons (Fsp3) is 0.474. The van der Waals surface area contributed by atoms with E-state index in [9.17, 15) is 14.4 Å². The molecule has 1 aliphatic rings. The van der Waals surface area contributed by atoms with Gasteiger partial charge in [0.15, 0.2) is 11.5 Å². The molecule has 0 aliphatic carbocycles. The number of hydrogen-bond acceptors (Lipinski definition) is 10. The monoisotopic (exact) mass is 551 g/mol. The smallest absolute Gasteiger partial charge is 0.410 e. The molecule has 0 spiro atoms. The first kappa shape index (κ1) is 26.3. The van der Waals surface area contributed by atoms with Gasteiger partial charge in [-0.15, -0.1) is 5.10 Å². The van der Waals surface area contributed by atoms with E-state index >= 15 is 0 Å². The van der Waals surface area contributed by atoms with Crippen LogP contribution in [0.2, 0.25) is 0 Å². The Morgan fingerprint density at radius 1 is 1.15 bits per heavy atom. The van der Waals surface area contributed by atoms with Gasteiger partial charge in [-0.2, -0.15) is 0 Å². The topological polar surface area (TPSA) is 126 Å². The van der Waals surface area contributed by atoms with E-state index in [1.165, 1.54) is 35.2 Å². The highest BCUT2D eigenvalue weighted by atomic mass is 35.6. The minimum Gasteiger partial charge on any atom is -0.445 e. The van der Waals surface area contributed by atoms with Gasteiger partial charge < -0.3 is 14.2 Å².